The minimum Gasteiger partial charge on any atom is -0.425 e. The number of pyridine rings is 1. The van der Waals surface area contributed by atoms with Crippen molar-refractivity contribution in [2.24, 2.45) is 0 Å². The summed E-state index contributed by atoms with van der Waals surface area (Å²) in [6.07, 6.45) is 4.20. The first-order chi connectivity index (χ1) is 13.7. The van der Waals surface area contributed by atoms with Crippen molar-refractivity contribution in [1.29, 1.82) is 0 Å². The molecule has 0 aliphatic carbocycles. The maximum absolute atomic E-state index is 5.47. The van der Waals surface area contributed by atoms with Gasteiger partial charge < -0.3 is 9.73 Å². The second-order valence-electron chi connectivity index (χ2n) is 6.31. The molecule has 0 saturated heterocycles. The van der Waals surface area contributed by atoms with E-state index in [2.05, 4.69) is 71.1 Å². The monoisotopic (exact) mass is 455 g/mol. The van der Waals surface area contributed by atoms with E-state index < -0.39 is 0 Å². The summed E-state index contributed by atoms with van der Waals surface area (Å²) >= 11 is 5.12. The Labute approximate surface area is 175 Å². The number of nitrogens with one attached hydrogen (secondary N) is 1. The van der Waals surface area contributed by atoms with E-state index in [4.69, 9.17) is 4.42 Å². The van der Waals surface area contributed by atoms with Gasteiger partial charge >= 0.3 is 0 Å². The number of nitrogens with zero attached hydrogens (tertiary/aromatic N) is 4. The van der Waals surface area contributed by atoms with Crippen LogP contribution in [0.1, 0.15) is 28.6 Å². The number of rotatable bonds is 7. The van der Waals surface area contributed by atoms with Crippen LogP contribution in [0, 0.1) is 6.92 Å². The van der Waals surface area contributed by atoms with E-state index in [0.29, 0.717) is 18.2 Å². The highest BCUT2D eigenvalue weighted by Crippen LogP contribution is 2.25. The van der Waals surface area contributed by atoms with Crippen molar-refractivity contribution in [2.75, 3.05) is 5.32 Å². The van der Waals surface area contributed by atoms with Gasteiger partial charge in [-0.2, -0.15) is 0 Å². The van der Waals surface area contributed by atoms with Crippen molar-refractivity contribution in [2.45, 2.75) is 26.2 Å². The van der Waals surface area contributed by atoms with Crippen LogP contribution in [0.2, 0.25) is 0 Å². The van der Waals surface area contributed by atoms with Gasteiger partial charge in [-0.05, 0) is 46.0 Å². The van der Waals surface area contributed by atoms with Crippen LogP contribution in [0.5, 0.6) is 0 Å². The third-order valence-electron chi connectivity index (χ3n) is 4.14. The SMILES string of the molecule is Cc1nnc(Cc2cc(Nc3nc(CCc4ccccc4)cs3)ncc2Br)o1. The van der Waals surface area contributed by atoms with E-state index in [0.717, 1.165) is 39.5 Å². The number of anilines is 2. The molecule has 0 spiro atoms. The molecule has 0 aliphatic heterocycles. The Hall–Kier alpha value is -2.58. The number of aryl methyl sites for hydroxylation is 3. The van der Waals surface area contributed by atoms with Gasteiger partial charge in [0.05, 0.1) is 12.1 Å². The standard InChI is InChI=1S/C20H18BrN5OS/c1-13-25-26-19(27-13)10-15-9-18(22-11-17(15)21)24-20-23-16(12-28-20)8-7-14-5-3-2-4-6-14/h2-6,9,11-12H,7-8,10H2,1H3,(H,22,23,24). The van der Waals surface area contributed by atoms with Crippen LogP contribution in [-0.2, 0) is 19.3 Å². The summed E-state index contributed by atoms with van der Waals surface area (Å²) in [7, 11) is 0. The predicted molar refractivity (Wildman–Crippen MR) is 113 cm³/mol. The van der Waals surface area contributed by atoms with Crippen molar-refractivity contribution in [3.8, 4) is 0 Å². The molecule has 8 heteroatoms. The van der Waals surface area contributed by atoms with Crippen LogP contribution in [0.25, 0.3) is 0 Å². The highest BCUT2D eigenvalue weighted by Gasteiger charge is 2.10. The Morgan fingerprint density at radius 2 is 2.00 bits per heavy atom. The number of thiazole rings is 1. The zero-order valence-corrected chi connectivity index (χ0v) is 17.6. The van der Waals surface area contributed by atoms with E-state index in [1.165, 1.54) is 5.56 Å². The van der Waals surface area contributed by atoms with Gasteiger partial charge in [0.15, 0.2) is 5.13 Å². The molecule has 0 amide bonds. The summed E-state index contributed by atoms with van der Waals surface area (Å²) < 4.78 is 6.37. The van der Waals surface area contributed by atoms with Crippen molar-refractivity contribution < 1.29 is 4.42 Å². The first kappa shape index (κ1) is 18.8. The number of aromatic nitrogens is 4. The Kier molecular flexibility index (Phi) is 5.78. The van der Waals surface area contributed by atoms with Crippen molar-refractivity contribution >= 4 is 38.2 Å². The smallest absolute Gasteiger partial charge is 0.220 e. The number of hydrogen-bond acceptors (Lipinski definition) is 7. The third-order valence-corrected chi connectivity index (χ3v) is 5.66. The van der Waals surface area contributed by atoms with E-state index in [1.54, 1.807) is 24.5 Å². The second-order valence-corrected chi connectivity index (χ2v) is 8.02. The van der Waals surface area contributed by atoms with Crippen LogP contribution in [-0.4, -0.2) is 20.2 Å². The molecule has 0 saturated carbocycles. The van der Waals surface area contributed by atoms with Gasteiger partial charge in [0.25, 0.3) is 0 Å². The maximum atomic E-state index is 5.47. The highest BCUT2D eigenvalue weighted by atomic mass is 79.9. The van der Waals surface area contributed by atoms with E-state index in [9.17, 15) is 0 Å². The zero-order chi connectivity index (χ0) is 19.3. The molecule has 0 unspecified atom stereocenters. The maximum Gasteiger partial charge on any atom is 0.220 e. The van der Waals surface area contributed by atoms with Crippen molar-refractivity contribution in [3.05, 3.63) is 81.1 Å². The lowest BCUT2D eigenvalue weighted by Crippen LogP contribution is -1.98. The van der Waals surface area contributed by atoms with Gasteiger partial charge in [-0.25, -0.2) is 9.97 Å². The molecule has 0 fully saturated rings. The van der Waals surface area contributed by atoms with Gasteiger partial charge in [0.1, 0.15) is 5.82 Å². The summed E-state index contributed by atoms with van der Waals surface area (Å²) in [5.41, 5.74) is 3.41. The molecule has 4 rings (SSSR count). The minimum atomic E-state index is 0.540. The van der Waals surface area contributed by atoms with Gasteiger partial charge in [-0.15, -0.1) is 21.5 Å². The lowest BCUT2D eigenvalue weighted by atomic mass is 10.1. The molecule has 1 aromatic carbocycles. The quantitative estimate of drug-likeness (QED) is 0.417. The summed E-state index contributed by atoms with van der Waals surface area (Å²) in [5.74, 6) is 1.87. The summed E-state index contributed by atoms with van der Waals surface area (Å²) in [6.45, 7) is 1.78. The molecule has 142 valence electrons. The summed E-state index contributed by atoms with van der Waals surface area (Å²) in [6, 6.07) is 12.4. The normalized spacial score (nSPS) is 10.9. The van der Waals surface area contributed by atoms with Crippen LogP contribution < -0.4 is 5.32 Å². The zero-order valence-electron chi connectivity index (χ0n) is 15.2. The van der Waals surface area contributed by atoms with Crippen LogP contribution >= 0.6 is 27.3 Å². The molecular formula is C20H18BrN5OS. The molecule has 1 N–H and O–H groups in total. The molecule has 4 aromatic rings. The van der Waals surface area contributed by atoms with Crippen LogP contribution in [0.3, 0.4) is 0 Å². The molecule has 0 atom stereocenters. The van der Waals surface area contributed by atoms with Crippen molar-refractivity contribution in [1.82, 2.24) is 20.2 Å². The van der Waals surface area contributed by atoms with E-state index >= 15 is 0 Å². The molecule has 6 nitrogen and oxygen atoms in total. The van der Waals surface area contributed by atoms with Crippen LogP contribution in [0.4, 0.5) is 10.9 Å². The first-order valence-electron chi connectivity index (χ1n) is 8.84. The van der Waals surface area contributed by atoms with E-state index in [1.807, 2.05) is 12.1 Å². The van der Waals surface area contributed by atoms with Gasteiger partial charge in [-0.3, -0.25) is 0 Å². The summed E-state index contributed by atoms with van der Waals surface area (Å²) in [5, 5.41) is 14.1. The van der Waals surface area contributed by atoms with Gasteiger partial charge in [0, 0.05) is 23.0 Å². The number of benzene rings is 1. The average molecular weight is 456 g/mol. The van der Waals surface area contributed by atoms with Crippen LogP contribution in [0.15, 0.2) is 56.9 Å². The lowest BCUT2D eigenvalue weighted by molar-refractivity contribution is 0.477. The van der Waals surface area contributed by atoms with Gasteiger partial charge in [-0.1, -0.05) is 30.3 Å². The molecule has 28 heavy (non-hydrogen) atoms. The molecular weight excluding hydrogens is 438 g/mol. The van der Waals surface area contributed by atoms with E-state index in [-0.39, 0.29) is 0 Å². The van der Waals surface area contributed by atoms with Crippen molar-refractivity contribution in [3.63, 3.8) is 0 Å². The fourth-order valence-corrected chi connectivity index (χ4v) is 3.87. The summed E-state index contributed by atoms with van der Waals surface area (Å²) in [4.78, 5) is 9.10. The largest absolute Gasteiger partial charge is 0.425 e. The van der Waals surface area contributed by atoms with Gasteiger partial charge in [0.2, 0.25) is 11.8 Å². The molecule has 0 aliphatic rings. The first-order valence-corrected chi connectivity index (χ1v) is 10.5. The lowest BCUT2D eigenvalue weighted by Gasteiger charge is -2.06. The average Bonchev–Trinajstić information content (AvgIpc) is 3.32. The Morgan fingerprint density at radius 1 is 1.14 bits per heavy atom. The highest BCUT2D eigenvalue weighted by molar-refractivity contribution is 9.10. The fourth-order valence-electron chi connectivity index (χ4n) is 2.76. The minimum absolute atomic E-state index is 0.540. The Bertz CT molecular complexity index is 1060. The fraction of sp³-hybridized carbons (Fsp3) is 0.200. The number of halogens is 1. The molecule has 3 heterocycles. The molecule has 0 radical (unpaired) electrons. The molecule has 0 bridgehead atoms. The third kappa shape index (κ3) is 4.82. The predicted octanol–water partition coefficient (Wildman–Crippen LogP) is 5.11. The second kappa shape index (κ2) is 8.62. The Balaban J connectivity index is 1.41. The molecule has 3 aromatic heterocycles. The number of hydrogen-bond donors (Lipinski definition) is 1. The topological polar surface area (TPSA) is 76.7 Å². The Morgan fingerprint density at radius 3 is 2.79 bits per heavy atom.